The number of esters is 1. The average molecular weight is 258 g/mol. The Bertz CT molecular complexity index is 296. The SMILES string of the molecule is COC(=O)C(CNCC1CCOC1C)NC(C)=O. The highest BCUT2D eigenvalue weighted by molar-refractivity contribution is 5.83. The van der Waals surface area contributed by atoms with Crippen LogP contribution in [0.3, 0.4) is 0 Å². The summed E-state index contributed by atoms with van der Waals surface area (Å²) < 4.78 is 10.1. The number of carbonyl (C=O) groups excluding carboxylic acids is 2. The lowest BCUT2D eigenvalue weighted by atomic mass is 10.0. The van der Waals surface area contributed by atoms with Gasteiger partial charge in [0.1, 0.15) is 6.04 Å². The smallest absolute Gasteiger partial charge is 0.329 e. The van der Waals surface area contributed by atoms with E-state index in [1.165, 1.54) is 14.0 Å². The van der Waals surface area contributed by atoms with Gasteiger partial charge in [-0.1, -0.05) is 0 Å². The maximum atomic E-state index is 11.4. The molecule has 1 saturated heterocycles. The van der Waals surface area contributed by atoms with Crippen molar-refractivity contribution in [1.29, 1.82) is 0 Å². The third-order valence-electron chi connectivity index (χ3n) is 3.15. The molecule has 0 spiro atoms. The zero-order chi connectivity index (χ0) is 13.5. The van der Waals surface area contributed by atoms with Crippen LogP contribution in [0.1, 0.15) is 20.3 Å². The molecule has 1 fully saturated rings. The van der Waals surface area contributed by atoms with Crippen molar-refractivity contribution in [2.24, 2.45) is 5.92 Å². The van der Waals surface area contributed by atoms with Gasteiger partial charge in [0.2, 0.25) is 5.91 Å². The second-order valence-corrected chi connectivity index (χ2v) is 4.56. The highest BCUT2D eigenvalue weighted by atomic mass is 16.5. The van der Waals surface area contributed by atoms with Gasteiger partial charge in [0, 0.05) is 26.6 Å². The van der Waals surface area contributed by atoms with Crippen molar-refractivity contribution < 1.29 is 19.1 Å². The summed E-state index contributed by atoms with van der Waals surface area (Å²) in [6, 6.07) is -0.634. The van der Waals surface area contributed by atoms with Gasteiger partial charge >= 0.3 is 5.97 Å². The van der Waals surface area contributed by atoms with Gasteiger partial charge < -0.3 is 20.1 Å². The Hall–Kier alpha value is -1.14. The van der Waals surface area contributed by atoms with Crippen molar-refractivity contribution in [2.45, 2.75) is 32.4 Å². The quantitative estimate of drug-likeness (QED) is 0.638. The van der Waals surface area contributed by atoms with Crippen LogP contribution in [0.5, 0.6) is 0 Å². The maximum absolute atomic E-state index is 11.4. The molecule has 0 radical (unpaired) electrons. The van der Waals surface area contributed by atoms with Crippen LogP contribution in [0.25, 0.3) is 0 Å². The predicted octanol–water partition coefficient (Wildman–Crippen LogP) is -0.321. The normalized spacial score (nSPS) is 24.6. The Morgan fingerprint density at radius 2 is 2.22 bits per heavy atom. The molecule has 0 aromatic rings. The molecule has 0 bridgehead atoms. The number of nitrogens with one attached hydrogen (secondary N) is 2. The highest BCUT2D eigenvalue weighted by Crippen LogP contribution is 2.19. The molecular weight excluding hydrogens is 236 g/mol. The number of carbonyl (C=O) groups is 2. The Balaban J connectivity index is 2.32. The molecule has 1 amide bonds. The molecule has 6 nitrogen and oxygen atoms in total. The number of hydrogen-bond donors (Lipinski definition) is 2. The van der Waals surface area contributed by atoms with Crippen LogP contribution in [0.15, 0.2) is 0 Å². The van der Waals surface area contributed by atoms with Crippen molar-refractivity contribution in [3.63, 3.8) is 0 Å². The molecule has 1 rings (SSSR count). The van der Waals surface area contributed by atoms with Gasteiger partial charge in [-0.05, 0) is 19.3 Å². The Kier molecular flexibility index (Phi) is 6.07. The van der Waals surface area contributed by atoms with E-state index >= 15 is 0 Å². The fourth-order valence-corrected chi connectivity index (χ4v) is 2.04. The fraction of sp³-hybridized carbons (Fsp3) is 0.833. The standard InChI is InChI=1S/C12H22N2O4/c1-8-10(4-5-18-8)6-13-7-11(12(16)17-3)14-9(2)15/h8,10-11,13H,4-7H2,1-3H3,(H,14,15). The Morgan fingerprint density at radius 3 is 2.72 bits per heavy atom. The van der Waals surface area contributed by atoms with Crippen LogP contribution in [0.2, 0.25) is 0 Å². The van der Waals surface area contributed by atoms with Crippen molar-refractivity contribution >= 4 is 11.9 Å². The van der Waals surface area contributed by atoms with Gasteiger partial charge in [0.25, 0.3) is 0 Å². The van der Waals surface area contributed by atoms with Gasteiger partial charge in [-0.25, -0.2) is 4.79 Å². The van der Waals surface area contributed by atoms with Gasteiger partial charge in [0.15, 0.2) is 0 Å². The highest BCUT2D eigenvalue weighted by Gasteiger charge is 2.25. The van der Waals surface area contributed by atoms with E-state index in [9.17, 15) is 9.59 Å². The summed E-state index contributed by atoms with van der Waals surface area (Å²) in [5.74, 6) is -0.223. The van der Waals surface area contributed by atoms with E-state index in [2.05, 4.69) is 15.4 Å². The monoisotopic (exact) mass is 258 g/mol. The summed E-state index contributed by atoms with van der Waals surface area (Å²) in [6.45, 7) is 5.36. The molecule has 1 aliphatic heterocycles. The summed E-state index contributed by atoms with van der Waals surface area (Å²) in [5.41, 5.74) is 0. The van der Waals surface area contributed by atoms with Crippen LogP contribution in [-0.2, 0) is 19.1 Å². The first-order valence-corrected chi connectivity index (χ1v) is 6.21. The zero-order valence-electron chi connectivity index (χ0n) is 11.2. The van der Waals surface area contributed by atoms with Crippen molar-refractivity contribution in [2.75, 3.05) is 26.8 Å². The van der Waals surface area contributed by atoms with Crippen molar-refractivity contribution in [1.82, 2.24) is 10.6 Å². The minimum absolute atomic E-state index is 0.245. The predicted molar refractivity (Wildman–Crippen MR) is 66.0 cm³/mol. The summed E-state index contributed by atoms with van der Waals surface area (Å²) in [5, 5.41) is 5.74. The number of ether oxygens (including phenoxy) is 2. The van der Waals surface area contributed by atoms with Crippen molar-refractivity contribution in [3.05, 3.63) is 0 Å². The molecular formula is C12H22N2O4. The number of methoxy groups -OCH3 is 1. The average Bonchev–Trinajstić information content (AvgIpc) is 2.72. The lowest BCUT2D eigenvalue weighted by molar-refractivity contribution is -0.144. The number of hydrogen-bond acceptors (Lipinski definition) is 5. The molecule has 104 valence electrons. The van der Waals surface area contributed by atoms with E-state index in [1.54, 1.807) is 0 Å². The number of amides is 1. The van der Waals surface area contributed by atoms with Crippen LogP contribution in [0, 0.1) is 5.92 Å². The summed E-state index contributed by atoms with van der Waals surface area (Å²) in [4.78, 5) is 22.4. The Labute approximate surface area is 107 Å². The van der Waals surface area contributed by atoms with Gasteiger partial charge in [-0.2, -0.15) is 0 Å². The van der Waals surface area contributed by atoms with Gasteiger partial charge in [-0.15, -0.1) is 0 Å². The van der Waals surface area contributed by atoms with Crippen LogP contribution in [0.4, 0.5) is 0 Å². The van der Waals surface area contributed by atoms with Gasteiger partial charge in [-0.3, -0.25) is 4.79 Å². The minimum Gasteiger partial charge on any atom is -0.467 e. The molecule has 0 aliphatic carbocycles. The van der Waals surface area contributed by atoms with Crippen LogP contribution < -0.4 is 10.6 Å². The van der Waals surface area contributed by atoms with E-state index in [-0.39, 0.29) is 12.0 Å². The first kappa shape index (κ1) is 14.9. The summed E-state index contributed by atoms with van der Waals surface area (Å²) in [7, 11) is 1.31. The number of rotatable bonds is 6. The molecule has 18 heavy (non-hydrogen) atoms. The topological polar surface area (TPSA) is 76.7 Å². The van der Waals surface area contributed by atoms with E-state index in [0.29, 0.717) is 12.5 Å². The summed E-state index contributed by atoms with van der Waals surface area (Å²) in [6.07, 6.45) is 1.27. The molecule has 6 heteroatoms. The largest absolute Gasteiger partial charge is 0.467 e. The van der Waals surface area contributed by atoms with Crippen molar-refractivity contribution in [3.8, 4) is 0 Å². The first-order chi connectivity index (χ1) is 8.54. The third kappa shape index (κ3) is 4.62. The minimum atomic E-state index is -0.634. The van der Waals surface area contributed by atoms with E-state index < -0.39 is 12.0 Å². The first-order valence-electron chi connectivity index (χ1n) is 6.21. The van der Waals surface area contributed by atoms with E-state index in [1.807, 2.05) is 6.92 Å². The third-order valence-corrected chi connectivity index (χ3v) is 3.15. The maximum Gasteiger partial charge on any atom is 0.329 e. The molecule has 1 heterocycles. The molecule has 0 saturated carbocycles. The summed E-state index contributed by atoms with van der Waals surface area (Å²) >= 11 is 0. The molecule has 3 unspecified atom stereocenters. The van der Waals surface area contributed by atoms with Crippen LogP contribution in [-0.4, -0.2) is 50.8 Å². The fourth-order valence-electron chi connectivity index (χ4n) is 2.04. The van der Waals surface area contributed by atoms with Crippen LogP contribution >= 0.6 is 0 Å². The lowest BCUT2D eigenvalue weighted by Crippen LogP contribution is -2.48. The second-order valence-electron chi connectivity index (χ2n) is 4.56. The zero-order valence-corrected chi connectivity index (χ0v) is 11.2. The molecule has 3 atom stereocenters. The molecule has 0 aromatic heterocycles. The molecule has 2 N–H and O–H groups in total. The Morgan fingerprint density at radius 1 is 1.50 bits per heavy atom. The van der Waals surface area contributed by atoms with E-state index in [4.69, 9.17) is 4.74 Å². The lowest BCUT2D eigenvalue weighted by Gasteiger charge is -2.19. The molecule has 0 aromatic carbocycles. The van der Waals surface area contributed by atoms with Gasteiger partial charge in [0.05, 0.1) is 13.2 Å². The second kappa shape index (κ2) is 7.33. The van der Waals surface area contributed by atoms with E-state index in [0.717, 1.165) is 19.6 Å². The molecule has 1 aliphatic rings.